The van der Waals surface area contributed by atoms with Crippen LogP contribution in [0, 0.1) is 12.8 Å². The van der Waals surface area contributed by atoms with Gasteiger partial charge < -0.3 is 9.84 Å². The highest BCUT2D eigenvalue weighted by atomic mass is 16.5. The maximum absolute atomic E-state index is 12.5. The van der Waals surface area contributed by atoms with E-state index in [0.717, 1.165) is 36.7 Å². The lowest BCUT2D eigenvalue weighted by Crippen LogP contribution is -2.33. The molecular weight excluding hydrogens is 376 g/mol. The summed E-state index contributed by atoms with van der Waals surface area (Å²) < 4.78 is 5.28. The van der Waals surface area contributed by atoms with Gasteiger partial charge in [0.15, 0.2) is 0 Å². The van der Waals surface area contributed by atoms with Crippen molar-refractivity contribution in [3.8, 4) is 11.4 Å². The van der Waals surface area contributed by atoms with Crippen LogP contribution in [0.15, 0.2) is 53.1 Å². The molecule has 2 heterocycles. The number of piperidine rings is 1. The first-order valence-corrected chi connectivity index (χ1v) is 10.6. The Kier molecular flexibility index (Phi) is 6.23. The van der Waals surface area contributed by atoms with Crippen molar-refractivity contribution in [2.45, 2.75) is 39.8 Å². The van der Waals surface area contributed by atoms with Crippen LogP contribution in [-0.4, -0.2) is 34.0 Å². The minimum atomic E-state index is -0.150. The van der Waals surface area contributed by atoms with Crippen LogP contribution in [0.3, 0.4) is 0 Å². The molecule has 1 N–H and O–H groups in total. The van der Waals surface area contributed by atoms with Gasteiger partial charge in [-0.25, -0.2) is 0 Å². The Bertz CT molecular complexity index is 996. The van der Waals surface area contributed by atoms with E-state index in [4.69, 9.17) is 4.52 Å². The fraction of sp³-hybridized carbons (Fsp3) is 0.375. The Labute approximate surface area is 177 Å². The topological polar surface area (TPSA) is 71.3 Å². The van der Waals surface area contributed by atoms with Gasteiger partial charge in [0.25, 0.3) is 5.91 Å². The predicted molar refractivity (Wildman–Crippen MR) is 116 cm³/mol. The number of hydrogen-bond acceptors (Lipinski definition) is 5. The molecule has 4 rings (SSSR count). The summed E-state index contributed by atoms with van der Waals surface area (Å²) in [5.41, 5.74) is 3.89. The molecule has 0 aliphatic carbocycles. The molecule has 156 valence electrons. The highest BCUT2D eigenvalue weighted by molar-refractivity contribution is 5.94. The fourth-order valence-electron chi connectivity index (χ4n) is 3.94. The van der Waals surface area contributed by atoms with Crippen molar-refractivity contribution in [3.05, 3.63) is 71.1 Å². The number of hydrogen-bond donors (Lipinski definition) is 1. The molecule has 0 unspecified atom stereocenters. The van der Waals surface area contributed by atoms with Crippen LogP contribution >= 0.6 is 0 Å². The maximum Gasteiger partial charge on any atom is 0.251 e. The molecule has 1 saturated heterocycles. The van der Waals surface area contributed by atoms with Crippen molar-refractivity contribution in [3.63, 3.8) is 0 Å². The average molecular weight is 405 g/mol. The number of rotatable bonds is 6. The van der Waals surface area contributed by atoms with Crippen LogP contribution in [-0.2, 0) is 13.1 Å². The highest BCUT2D eigenvalue weighted by Crippen LogP contribution is 2.19. The number of benzene rings is 2. The molecule has 1 aliphatic rings. The second-order valence-electron chi connectivity index (χ2n) is 8.24. The second-order valence-corrected chi connectivity index (χ2v) is 8.24. The van der Waals surface area contributed by atoms with Crippen LogP contribution < -0.4 is 5.32 Å². The van der Waals surface area contributed by atoms with Gasteiger partial charge in [0.1, 0.15) is 0 Å². The Morgan fingerprint density at radius 3 is 2.83 bits per heavy atom. The third-order valence-electron chi connectivity index (χ3n) is 5.51. The maximum atomic E-state index is 12.5. The molecule has 0 radical (unpaired) electrons. The van der Waals surface area contributed by atoms with Crippen molar-refractivity contribution < 1.29 is 9.32 Å². The quantitative estimate of drug-likeness (QED) is 0.666. The largest absolute Gasteiger partial charge is 0.343 e. The first-order chi connectivity index (χ1) is 14.6. The number of aromatic nitrogens is 2. The summed E-state index contributed by atoms with van der Waals surface area (Å²) in [7, 11) is 0. The molecule has 30 heavy (non-hydrogen) atoms. The Hall–Kier alpha value is -2.99. The van der Waals surface area contributed by atoms with Crippen molar-refractivity contribution in [2.75, 3.05) is 13.1 Å². The highest BCUT2D eigenvalue weighted by Gasteiger charge is 2.16. The van der Waals surface area contributed by atoms with Gasteiger partial charge in [-0.3, -0.25) is 9.69 Å². The van der Waals surface area contributed by atoms with E-state index in [0.29, 0.717) is 17.3 Å². The first kappa shape index (κ1) is 20.3. The van der Waals surface area contributed by atoms with Crippen LogP contribution in [0.5, 0.6) is 0 Å². The second kappa shape index (κ2) is 9.22. The van der Waals surface area contributed by atoms with Gasteiger partial charge >= 0.3 is 0 Å². The van der Waals surface area contributed by atoms with Crippen molar-refractivity contribution in [1.29, 1.82) is 0 Å². The van der Waals surface area contributed by atoms with E-state index >= 15 is 0 Å². The zero-order chi connectivity index (χ0) is 20.9. The molecule has 6 heteroatoms. The Morgan fingerprint density at radius 2 is 2.07 bits per heavy atom. The molecule has 0 saturated carbocycles. The van der Waals surface area contributed by atoms with Gasteiger partial charge in [-0.15, -0.1) is 0 Å². The van der Waals surface area contributed by atoms with Crippen LogP contribution in [0.2, 0.25) is 0 Å². The molecule has 3 aromatic rings. The van der Waals surface area contributed by atoms with Gasteiger partial charge in [-0.2, -0.15) is 4.98 Å². The SMILES string of the molecule is Cc1cccc(-c2noc(CNC(=O)c3ccc(CN4CCC[C@@H](C)C4)cc3)n2)c1. The third kappa shape index (κ3) is 5.13. The van der Waals surface area contributed by atoms with Crippen molar-refractivity contribution in [1.82, 2.24) is 20.4 Å². The third-order valence-corrected chi connectivity index (χ3v) is 5.51. The molecule has 1 aromatic heterocycles. The van der Waals surface area contributed by atoms with Crippen LogP contribution in [0.25, 0.3) is 11.4 Å². The summed E-state index contributed by atoms with van der Waals surface area (Å²) >= 11 is 0. The Morgan fingerprint density at radius 1 is 1.23 bits per heavy atom. The van der Waals surface area contributed by atoms with Gasteiger partial charge in [0.2, 0.25) is 11.7 Å². The summed E-state index contributed by atoms with van der Waals surface area (Å²) in [4.78, 5) is 19.3. The minimum absolute atomic E-state index is 0.150. The zero-order valence-corrected chi connectivity index (χ0v) is 17.6. The fourth-order valence-corrected chi connectivity index (χ4v) is 3.94. The summed E-state index contributed by atoms with van der Waals surface area (Å²) in [6, 6.07) is 15.7. The monoisotopic (exact) mass is 404 g/mol. The number of carbonyl (C=O) groups is 1. The van der Waals surface area contributed by atoms with Crippen molar-refractivity contribution in [2.24, 2.45) is 5.92 Å². The molecule has 1 atom stereocenters. The molecule has 2 aromatic carbocycles. The van der Waals surface area contributed by atoms with Crippen LogP contribution in [0.1, 0.15) is 47.1 Å². The van der Waals surface area contributed by atoms with Crippen molar-refractivity contribution >= 4 is 5.91 Å². The minimum Gasteiger partial charge on any atom is -0.343 e. The zero-order valence-electron chi connectivity index (χ0n) is 17.6. The van der Waals surface area contributed by atoms with Gasteiger partial charge in [-0.1, -0.05) is 48.0 Å². The van der Waals surface area contributed by atoms with Crippen LogP contribution in [0.4, 0.5) is 0 Å². The summed E-state index contributed by atoms with van der Waals surface area (Å²) in [5.74, 6) is 1.53. The first-order valence-electron chi connectivity index (χ1n) is 10.6. The lowest BCUT2D eigenvalue weighted by atomic mass is 9.99. The van der Waals surface area contributed by atoms with E-state index < -0.39 is 0 Å². The molecule has 1 aliphatic heterocycles. The Balaban J connectivity index is 1.31. The molecule has 0 spiro atoms. The normalized spacial score (nSPS) is 17.1. The van der Waals surface area contributed by atoms with Gasteiger partial charge in [-0.05, 0) is 56.0 Å². The van der Waals surface area contributed by atoms with E-state index in [2.05, 4.69) is 27.3 Å². The molecule has 1 amide bonds. The lowest BCUT2D eigenvalue weighted by molar-refractivity contribution is 0.0946. The summed E-state index contributed by atoms with van der Waals surface area (Å²) in [6.45, 7) is 7.77. The van der Waals surface area contributed by atoms with E-state index in [1.54, 1.807) is 0 Å². The molecular formula is C24H28N4O2. The number of amides is 1. The van der Waals surface area contributed by atoms with E-state index in [1.165, 1.54) is 18.4 Å². The molecule has 0 bridgehead atoms. The molecule has 6 nitrogen and oxygen atoms in total. The predicted octanol–water partition coefficient (Wildman–Crippen LogP) is 4.21. The summed E-state index contributed by atoms with van der Waals surface area (Å²) in [6.07, 6.45) is 2.59. The number of likely N-dealkylation sites (tertiary alicyclic amines) is 1. The standard InChI is InChI=1S/C24H28N4O2/c1-17-5-3-7-21(13-17)23-26-22(30-27-23)14-25-24(29)20-10-8-19(9-11-20)16-28-12-4-6-18(2)15-28/h3,5,7-11,13,18H,4,6,12,14-16H2,1-2H3,(H,25,29)/t18-/m1/s1. The van der Waals surface area contributed by atoms with Gasteiger partial charge in [0.05, 0.1) is 6.54 Å². The average Bonchev–Trinajstić information content (AvgIpc) is 3.22. The van der Waals surface area contributed by atoms with E-state index in [1.807, 2.05) is 55.5 Å². The molecule has 1 fully saturated rings. The number of nitrogens with zero attached hydrogens (tertiary/aromatic N) is 3. The summed E-state index contributed by atoms with van der Waals surface area (Å²) in [5, 5.41) is 6.86. The number of carbonyl (C=O) groups excluding carboxylic acids is 1. The van der Waals surface area contributed by atoms with Gasteiger partial charge in [0, 0.05) is 24.2 Å². The lowest BCUT2D eigenvalue weighted by Gasteiger charge is -2.30. The van der Waals surface area contributed by atoms with E-state index in [-0.39, 0.29) is 12.5 Å². The number of aryl methyl sites for hydroxylation is 1. The smallest absolute Gasteiger partial charge is 0.251 e. The van der Waals surface area contributed by atoms with E-state index in [9.17, 15) is 4.79 Å². The number of nitrogens with one attached hydrogen (secondary N) is 1.